The molecule has 0 radical (unpaired) electrons. The largest absolute Gasteiger partial charge is 0.396 e. The van der Waals surface area contributed by atoms with Crippen molar-refractivity contribution in [3.05, 3.63) is 0 Å². The lowest BCUT2D eigenvalue weighted by atomic mass is 9.67. The molecule has 0 aromatic heterocycles. The summed E-state index contributed by atoms with van der Waals surface area (Å²) in [5, 5.41) is 9.88. The summed E-state index contributed by atoms with van der Waals surface area (Å²) >= 11 is 0. The molecule has 0 amide bonds. The molecule has 1 aliphatic carbocycles. The lowest BCUT2D eigenvalue weighted by molar-refractivity contribution is 0.0515. The third-order valence-corrected chi connectivity index (χ3v) is 5.78. The highest BCUT2D eigenvalue weighted by Gasteiger charge is 2.33. The quantitative estimate of drug-likeness (QED) is 0.408. The van der Waals surface area contributed by atoms with Gasteiger partial charge in [0.25, 0.3) is 0 Å². The van der Waals surface area contributed by atoms with Gasteiger partial charge in [-0.3, -0.25) is 0 Å². The van der Waals surface area contributed by atoms with Gasteiger partial charge in [0.05, 0.1) is 0 Å². The van der Waals surface area contributed by atoms with Crippen molar-refractivity contribution in [2.24, 2.45) is 11.3 Å². The molecule has 0 aliphatic heterocycles. The summed E-state index contributed by atoms with van der Waals surface area (Å²) < 4.78 is 0. The molecule has 126 valence electrons. The van der Waals surface area contributed by atoms with E-state index in [1.165, 1.54) is 96.3 Å². The molecular formula is C20H40O. The molecule has 0 heterocycles. The van der Waals surface area contributed by atoms with Crippen LogP contribution in [0, 0.1) is 11.3 Å². The average molecular weight is 297 g/mol. The molecule has 1 aliphatic rings. The Morgan fingerprint density at radius 1 is 0.810 bits per heavy atom. The highest BCUT2D eigenvalue weighted by atomic mass is 16.3. The van der Waals surface area contributed by atoms with Crippen LogP contribution in [0.15, 0.2) is 0 Å². The van der Waals surface area contributed by atoms with Gasteiger partial charge in [-0.1, -0.05) is 78.1 Å². The Morgan fingerprint density at radius 3 is 1.95 bits per heavy atom. The van der Waals surface area contributed by atoms with Crippen LogP contribution in [0.5, 0.6) is 0 Å². The molecule has 1 nitrogen and oxygen atoms in total. The lowest BCUT2D eigenvalue weighted by Gasteiger charge is -2.39. The van der Waals surface area contributed by atoms with E-state index in [-0.39, 0.29) is 0 Å². The van der Waals surface area contributed by atoms with E-state index < -0.39 is 0 Å². The van der Waals surface area contributed by atoms with Crippen LogP contribution in [-0.2, 0) is 0 Å². The number of aliphatic hydroxyl groups is 1. The summed E-state index contributed by atoms with van der Waals surface area (Å²) in [5.41, 5.74) is 0.298. The average Bonchev–Trinajstić information content (AvgIpc) is 2.53. The van der Waals surface area contributed by atoms with E-state index in [1.807, 2.05) is 0 Å². The Kier molecular flexibility index (Phi) is 10.4. The van der Waals surface area contributed by atoms with Crippen molar-refractivity contribution in [2.45, 2.75) is 110 Å². The van der Waals surface area contributed by atoms with Crippen LogP contribution in [0.4, 0.5) is 0 Å². The lowest BCUT2D eigenvalue weighted by Crippen LogP contribution is -2.31. The van der Waals surface area contributed by atoms with Crippen molar-refractivity contribution in [2.75, 3.05) is 6.61 Å². The molecule has 1 N–H and O–H groups in total. The predicted octanol–water partition coefficient (Wildman–Crippen LogP) is 6.49. The molecule has 0 aromatic rings. The van der Waals surface area contributed by atoms with E-state index in [9.17, 15) is 5.11 Å². The third kappa shape index (κ3) is 7.68. The summed E-state index contributed by atoms with van der Waals surface area (Å²) in [5.74, 6) is 0.957. The number of unbranched alkanes of at least 4 members (excludes halogenated alkanes) is 7. The van der Waals surface area contributed by atoms with E-state index in [0.717, 1.165) is 5.92 Å². The predicted molar refractivity (Wildman–Crippen MR) is 93.6 cm³/mol. The summed E-state index contributed by atoms with van der Waals surface area (Å²) in [4.78, 5) is 0. The Balaban J connectivity index is 2.13. The van der Waals surface area contributed by atoms with E-state index in [2.05, 4.69) is 13.8 Å². The Labute approximate surface area is 133 Å². The van der Waals surface area contributed by atoms with Gasteiger partial charge in [0.1, 0.15) is 0 Å². The van der Waals surface area contributed by atoms with Crippen molar-refractivity contribution in [1.82, 2.24) is 0 Å². The second-order valence-corrected chi connectivity index (χ2v) is 7.62. The van der Waals surface area contributed by atoms with Crippen molar-refractivity contribution in [1.29, 1.82) is 0 Å². The maximum Gasteiger partial charge on any atom is 0.0487 e. The Hall–Kier alpha value is -0.0400. The van der Waals surface area contributed by atoms with Crippen molar-refractivity contribution in [3.63, 3.8) is 0 Å². The fourth-order valence-corrected chi connectivity index (χ4v) is 4.02. The van der Waals surface area contributed by atoms with Gasteiger partial charge in [-0.15, -0.1) is 0 Å². The van der Waals surface area contributed by atoms with Crippen LogP contribution in [0.3, 0.4) is 0 Å². The van der Waals surface area contributed by atoms with E-state index in [4.69, 9.17) is 0 Å². The molecule has 1 saturated carbocycles. The van der Waals surface area contributed by atoms with Gasteiger partial charge in [0.2, 0.25) is 0 Å². The molecule has 0 unspecified atom stereocenters. The summed E-state index contributed by atoms with van der Waals surface area (Å²) in [6.07, 6.45) is 20.4. The second kappa shape index (κ2) is 11.5. The minimum atomic E-state index is 0.298. The summed E-state index contributed by atoms with van der Waals surface area (Å²) in [7, 11) is 0. The molecule has 21 heavy (non-hydrogen) atoms. The van der Waals surface area contributed by atoms with Crippen molar-refractivity contribution >= 4 is 0 Å². The smallest absolute Gasteiger partial charge is 0.0487 e. The zero-order valence-corrected chi connectivity index (χ0v) is 14.8. The van der Waals surface area contributed by atoms with Gasteiger partial charge in [0.15, 0.2) is 0 Å². The van der Waals surface area contributed by atoms with Crippen LogP contribution in [0.25, 0.3) is 0 Å². The second-order valence-electron chi connectivity index (χ2n) is 7.62. The molecule has 0 spiro atoms. The van der Waals surface area contributed by atoms with Gasteiger partial charge in [0, 0.05) is 6.61 Å². The SMILES string of the molecule is CCCCCCCCCC1(CO)CCC(CCCC)CC1. The molecule has 1 fully saturated rings. The van der Waals surface area contributed by atoms with Crippen molar-refractivity contribution < 1.29 is 5.11 Å². The van der Waals surface area contributed by atoms with Gasteiger partial charge in [-0.25, -0.2) is 0 Å². The Bertz CT molecular complexity index is 228. The zero-order chi connectivity index (χ0) is 15.4. The molecule has 1 rings (SSSR count). The molecule has 1 heteroatoms. The number of hydrogen-bond acceptors (Lipinski definition) is 1. The van der Waals surface area contributed by atoms with E-state index >= 15 is 0 Å². The third-order valence-electron chi connectivity index (χ3n) is 5.78. The van der Waals surface area contributed by atoms with Gasteiger partial charge < -0.3 is 5.11 Å². The minimum absolute atomic E-state index is 0.298. The molecule has 0 bridgehead atoms. The highest BCUT2D eigenvalue weighted by Crippen LogP contribution is 2.43. The topological polar surface area (TPSA) is 20.2 Å². The zero-order valence-electron chi connectivity index (χ0n) is 14.8. The first-order valence-electron chi connectivity index (χ1n) is 9.87. The first kappa shape index (κ1) is 19.0. The van der Waals surface area contributed by atoms with Crippen LogP contribution < -0.4 is 0 Å². The van der Waals surface area contributed by atoms with Crippen LogP contribution in [-0.4, -0.2) is 11.7 Å². The normalized spacial score (nSPS) is 26.1. The van der Waals surface area contributed by atoms with Gasteiger partial charge >= 0.3 is 0 Å². The number of rotatable bonds is 12. The van der Waals surface area contributed by atoms with E-state index in [0.29, 0.717) is 12.0 Å². The molecule has 0 saturated heterocycles. The standard InChI is InChI=1S/C20H40O/c1-3-5-7-8-9-10-11-15-20(18-21)16-13-19(14-17-20)12-6-4-2/h19,21H,3-18H2,1-2H3. The van der Waals surface area contributed by atoms with Gasteiger partial charge in [-0.05, 0) is 43.4 Å². The minimum Gasteiger partial charge on any atom is -0.396 e. The van der Waals surface area contributed by atoms with E-state index in [1.54, 1.807) is 0 Å². The highest BCUT2D eigenvalue weighted by molar-refractivity contribution is 4.85. The maximum absolute atomic E-state index is 9.88. The Morgan fingerprint density at radius 2 is 1.38 bits per heavy atom. The van der Waals surface area contributed by atoms with Crippen LogP contribution in [0.1, 0.15) is 110 Å². The fraction of sp³-hybridized carbons (Fsp3) is 1.00. The van der Waals surface area contributed by atoms with Crippen molar-refractivity contribution in [3.8, 4) is 0 Å². The first-order chi connectivity index (χ1) is 10.3. The van der Waals surface area contributed by atoms with Gasteiger partial charge in [-0.2, -0.15) is 0 Å². The molecule has 0 atom stereocenters. The number of aliphatic hydroxyl groups excluding tert-OH is 1. The monoisotopic (exact) mass is 296 g/mol. The molecular weight excluding hydrogens is 256 g/mol. The fourth-order valence-electron chi connectivity index (χ4n) is 4.02. The number of hydrogen-bond donors (Lipinski definition) is 1. The molecule has 0 aromatic carbocycles. The summed E-state index contributed by atoms with van der Waals surface area (Å²) in [6, 6.07) is 0. The first-order valence-corrected chi connectivity index (χ1v) is 9.87. The summed E-state index contributed by atoms with van der Waals surface area (Å²) in [6.45, 7) is 5.01. The van der Waals surface area contributed by atoms with Crippen LogP contribution in [0.2, 0.25) is 0 Å². The van der Waals surface area contributed by atoms with Crippen LogP contribution >= 0.6 is 0 Å². The maximum atomic E-state index is 9.88.